The zero-order valence-electron chi connectivity index (χ0n) is 10.3. The van der Waals surface area contributed by atoms with Gasteiger partial charge in [0.15, 0.2) is 0 Å². The Labute approximate surface area is 112 Å². The molecule has 0 bridgehead atoms. The van der Waals surface area contributed by atoms with Crippen LogP contribution in [-0.2, 0) is 0 Å². The van der Waals surface area contributed by atoms with Gasteiger partial charge in [-0.05, 0) is 24.9 Å². The highest BCUT2D eigenvalue weighted by atomic mass is 32.2. The van der Waals surface area contributed by atoms with Gasteiger partial charge in [0.25, 0.3) is 0 Å². The van der Waals surface area contributed by atoms with Crippen LogP contribution in [0.3, 0.4) is 0 Å². The molecular weight excluding hydrogens is 250 g/mol. The summed E-state index contributed by atoms with van der Waals surface area (Å²) in [5.74, 6) is 2.17. The first-order valence-electron chi connectivity index (χ1n) is 6.07. The smallest absolute Gasteiger partial charge is 0.130 e. The minimum atomic E-state index is 0.574. The molecular formula is C12H19N3S2. The average molecular weight is 269 g/mol. The third-order valence-corrected chi connectivity index (χ3v) is 4.98. The first-order chi connectivity index (χ1) is 8.33. The van der Waals surface area contributed by atoms with Crippen LogP contribution in [0.4, 0.5) is 5.82 Å². The molecule has 2 unspecified atom stereocenters. The quantitative estimate of drug-likeness (QED) is 0.656. The van der Waals surface area contributed by atoms with E-state index >= 15 is 0 Å². The standard InChI is InChI=1S/C12H19N3S2/c1-3-17-10-6-4-5-9(10)15-11-7-12(16-2)14-8-13-11/h7-10H,3-6H2,1-2H3,(H,13,14,15). The molecule has 1 N–H and O–H groups in total. The summed E-state index contributed by atoms with van der Waals surface area (Å²) in [5, 5.41) is 5.34. The molecule has 0 aliphatic heterocycles. The van der Waals surface area contributed by atoms with Gasteiger partial charge >= 0.3 is 0 Å². The molecule has 2 rings (SSSR count). The number of anilines is 1. The summed E-state index contributed by atoms with van der Waals surface area (Å²) in [5.41, 5.74) is 0. The highest BCUT2D eigenvalue weighted by molar-refractivity contribution is 7.99. The lowest BCUT2D eigenvalue weighted by molar-refractivity contribution is 0.760. The highest BCUT2D eigenvalue weighted by Gasteiger charge is 2.27. The Morgan fingerprint density at radius 1 is 1.41 bits per heavy atom. The van der Waals surface area contributed by atoms with Gasteiger partial charge in [0.2, 0.25) is 0 Å². The molecule has 94 valence electrons. The van der Waals surface area contributed by atoms with Crippen molar-refractivity contribution in [1.29, 1.82) is 0 Å². The summed E-state index contributed by atoms with van der Waals surface area (Å²) >= 11 is 3.72. The van der Waals surface area contributed by atoms with Crippen molar-refractivity contribution in [2.45, 2.75) is 42.5 Å². The van der Waals surface area contributed by atoms with E-state index in [1.807, 2.05) is 12.3 Å². The fraction of sp³-hybridized carbons (Fsp3) is 0.667. The predicted octanol–water partition coefficient (Wildman–Crippen LogP) is 3.28. The van der Waals surface area contributed by atoms with Crippen LogP contribution < -0.4 is 5.32 Å². The number of aromatic nitrogens is 2. The lowest BCUT2D eigenvalue weighted by Gasteiger charge is -2.20. The monoisotopic (exact) mass is 269 g/mol. The van der Waals surface area contributed by atoms with Crippen molar-refractivity contribution in [2.75, 3.05) is 17.3 Å². The molecule has 1 aromatic heterocycles. The van der Waals surface area contributed by atoms with E-state index in [0.717, 1.165) is 16.1 Å². The van der Waals surface area contributed by atoms with E-state index in [0.29, 0.717) is 6.04 Å². The molecule has 1 aliphatic carbocycles. The van der Waals surface area contributed by atoms with Gasteiger partial charge in [-0.1, -0.05) is 13.3 Å². The van der Waals surface area contributed by atoms with Gasteiger partial charge in [0.05, 0.1) is 0 Å². The van der Waals surface area contributed by atoms with Gasteiger partial charge in [-0.15, -0.1) is 11.8 Å². The van der Waals surface area contributed by atoms with Crippen molar-refractivity contribution in [3.05, 3.63) is 12.4 Å². The van der Waals surface area contributed by atoms with Crippen LogP contribution in [0.25, 0.3) is 0 Å². The van der Waals surface area contributed by atoms with Crippen molar-refractivity contribution in [2.24, 2.45) is 0 Å². The van der Waals surface area contributed by atoms with E-state index in [9.17, 15) is 0 Å². The van der Waals surface area contributed by atoms with Crippen LogP contribution in [0.15, 0.2) is 17.4 Å². The molecule has 5 heteroatoms. The summed E-state index contributed by atoms with van der Waals surface area (Å²) in [4.78, 5) is 8.50. The lowest BCUT2D eigenvalue weighted by Crippen LogP contribution is -2.26. The topological polar surface area (TPSA) is 37.8 Å². The Balaban J connectivity index is 1.99. The van der Waals surface area contributed by atoms with Crippen molar-refractivity contribution in [1.82, 2.24) is 9.97 Å². The molecule has 0 spiro atoms. The second-order valence-electron chi connectivity index (χ2n) is 4.12. The maximum Gasteiger partial charge on any atom is 0.130 e. The van der Waals surface area contributed by atoms with Crippen LogP contribution in [0.2, 0.25) is 0 Å². The second kappa shape index (κ2) is 6.50. The Kier molecular flexibility index (Phi) is 4.98. The van der Waals surface area contributed by atoms with E-state index in [4.69, 9.17) is 0 Å². The Bertz CT molecular complexity index is 359. The summed E-state index contributed by atoms with van der Waals surface area (Å²) in [6, 6.07) is 2.61. The fourth-order valence-electron chi connectivity index (χ4n) is 2.22. The maximum absolute atomic E-state index is 4.30. The van der Waals surface area contributed by atoms with Crippen molar-refractivity contribution in [3.8, 4) is 0 Å². The minimum absolute atomic E-state index is 0.574. The van der Waals surface area contributed by atoms with Crippen LogP contribution in [0.5, 0.6) is 0 Å². The van der Waals surface area contributed by atoms with Crippen LogP contribution in [0.1, 0.15) is 26.2 Å². The molecule has 3 nitrogen and oxygen atoms in total. The minimum Gasteiger partial charge on any atom is -0.366 e. The van der Waals surface area contributed by atoms with Crippen molar-refractivity contribution < 1.29 is 0 Å². The summed E-state index contributed by atoms with van der Waals surface area (Å²) in [6.07, 6.45) is 7.60. The van der Waals surface area contributed by atoms with Gasteiger partial charge in [0.1, 0.15) is 17.2 Å². The zero-order valence-corrected chi connectivity index (χ0v) is 12.0. The SMILES string of the molecule is CCSC1CCCC1Nc1cc(SC)ncn1. The maximum atomic E-state index is 4.30. The Morgan fingerprint density at radius 2 is 2.29 bits per heavy atom. The van der Waals surface area contributed by atoms with E-state index < -0.39 is 0 Å². The molecule has 0 amide bonds. The first-order valence-corrected chi connectivity index (χ1v) is 8.35. The number of hydrogen-bond donors (Lipinski definition) is 1. The van der Waals surface area contributed by atoms with Gasteiger partial charge in [-0.25, -0.2) is 9.97 Å². The van der Waals surface area contributed by atoms with Crippen molar-refractivity contribution in [3.63, 3.8) is 0 Å². The molecule has 1 heterocycles. The van der Waals surface area contributed by atoms with Crippen molar-refractivity contribution >= 4 is 29.3 Å². The molecule has 1 saturated carbocycles. The summed E-state index contributed by atoms with van der Waals surface area (Å²) < 4.78 is 0. The number of thioether (sulfide) groups is 2. The molecule has 0 aromatic carbocycles. The second-order valence-corrected chi connectivity index (χ2v) is 6.46. The van der Waals surface area contributed by atoms with E-state index in [-0.39, 0.29) is 0 Å². The van der Waals surface area contributed by atoms with Gasteiger partial charge in [0, 0.05) is 17.4 Å². The van der Waals surface area contributed by atoms with Crippen LogP contribution >= 0.6 is 23.5 Å². The normalized spacial score (nSPS) is 23.9. The number of hydrogen-bond acceptors (Lipinski definition) is 5. The molecule has 1 fully saturated rings. The van der Waals surface area contributed by atoms with E-state index in [1.54, 1.807) is 18.1 Å². The van der Waals surface area contributed by atoms with Crippen LogP contribution in [-0.4, -0.2) is 33.3 Å². The number of nitrogens with zero attached hydrogens (tertiary/aromatic N) is 2. The predicted molar refractivity (Wildman–Crippen MR) is 77.0 cm³/mol. The zero-order chi connectivity index (χ0) is 12.1. The van der Waals surface area contributed by atoms with E-state index in [1.165, 1.54) is 25.0 Å². The van der Waals surface area contributed by atoms with E-state index in [2.05, 4.69) is 34.0 Å². The largest absolute Gasteiger partial charge is 0.366 e. The molecule has 1 aliphatic rings. The lowest BCUT2D eigenvalue weighted by atomic mass is 10.2. The molecule has 17 heavy (non-hydrogen) atoms. The third-order valence-electron chi connectivity index (χ3n) is 3.02. The average Bonchev–Trinajstić information content (AvgIpc) is 2.78. The number of rotatable bonds is 5. The Hall–Kier alpha value is -0.420. The van der Waals surface area contributed by atoms with Gasteiger partial charge in [-0.3, -0.25) is 0 Å². The summed E-state index contributed by atoms with van der Waals surface area (Å²) in [6.45, 7) is 2.23. The molecule has 1 aromatic rings. The first kappa shape index (κ1) is 13.0. The molecule has 2 atom stereocenters. The summed E-state index contributed by atoms with van der Waals surface area (Å²) in [7, 11) is 0. The van der Waals surface area contributed by atoms with Gasteiger partial charge in [-0.2, -0.15) is 11.8 Å². The highest BCUT2D eigenvalue weighted by Crippen LogP contribution is 2.31. The third kappa shape index (κ3) is 3.52. The van der Waals surface area contributed by atoms with Gasteiger partial charge < -0.3 is 5.32 Å². The fourth-order valence-corrected chi connectivity index (χ4v) is 3.80. The number of nitrogens with one attached hydrogen (secondary N) is 1. The van der Waals surface area contributed by atoms with Crippen LogP contribution in [0, 0.1) is 0 Å². The molecule has 0 radical (unpaired) electrons. The Morgan fingerprint density at radius 3 is 3.06 bits per heavy atom. The molecule has 0 saturated heterocycles.